The van der Waals surface area contributed by atoms with Gasteiger partial charge in [0, 0.05) is 25.4 Å². The van der Waals surface area contributed by atoms with Crippen LogP contribution < -0.4 is 16.2 Å². The Morgan fingerprint density at radius 2 is 2.04 bits per heavy atom. The lowest BCUT2D eigenvalue weighted by atomic mass is 9.81. The van der Waals surface area contributed by atoms with Gasteiger partial charge in [0.25, 0.3) is 5.56 Å². The molecule has 24 heavy (non-hydrogen) atoms. The molecule has 2 rings (SSSR count). The number of aromatic nitrogens is 1. The van der Waals surface area contributed by atoms with Crippen molar-refractivity contribution in [3.63, 3.8) is 0 Å². The van der Waals surface area contributed by atoms with Crippen molar-refractivity contribution in [3.8, 4) is 0 Å². The number of carbonyl (C=O) groups is 2. The summed E-state index contributed by atoms with van der Waals surface area (Å²) in [5, 5.41) is 5.21. The summed E-state index contributed by atoms with van der Waals surface area (Å²) < 4.78 is 1.47. The van der Waals surface area contributed by atoms with Crippen molar-refractivity contribution in [2.45, 2.75) is 52.5 Å². The molecule has 0 aliphatic heterocycles. The molecule has 0 aromatic carbocycles. The van der Waals surface area contributed by atoms with Crippen LogP contribution in [0.15, 0.2) is 23.1 Å². The summed E-state index contributed by atoms with van der Waals surface area (Å²) in [6.45, 7) is 5.15. The van der Waals surface area contributed by atoms with Crippen molar-refractivity contribution in [3.05, 3.63) is 28.7 Å². The summed E-state index contributed by atoms with van der Waals surface area (Å²) in [5.74, 6) is 0.0728. The summed E-state index contributed by atoms with van der Waals surface area (Å²) in [7, 11) is 0. The minimum atomic E-state index is -0.701. The Kier molecular flexibility index (Phi) is 6.58. The average molecular weight is 333 g/mol. The SMILES string of the molecule is CCn1cc(NC(=O)C(=O)NCC[C@@H]2CCC[C@@H](C)C2)ccc1=O. The third kappa shape index (κ3) is 5.22. The fourth-order valence-corrected chi connectivity index (χ4v) is 3.33. The highest BCUT2D eigenvalue weighted by Gasteiger charge is 2.19. The Bertz CT molecular complexity index is 639. The number of anilines is 1. The molecule has 132 valence electrons. The molecule has 0 bridgehead atoms. The normalized spacial score (nSPS) is 20.4. The summed E-state index contributed by atoms with van der Waals surface area (Å²) in [6.07, 6.45) is 7.44. The number of rotatable bonds is 5. The molecule has 2 atom stereocenters. The van der Waals surface area contributed by atoms with Gasteiger partial charge in [-0.1, -0.05) is 26.2 Å². The van der Waals surface area contributed by atoms with Gasteiger partial charge in [-0.05, 0) is 37.7 Å². The van der Waals surface area contributed by atoms with Crippen LogP contribution in [0.3, 0.4) is 0 Å². The summed E-state index contributed by atoms with van der Waals surface area (Å²) in [5.41, 5.74) is 0.305. The van der Waals surface area contributed by atoms with Crippen molar-refractivity contribution >= 4 is 17.5 Å². The fraction of sp³-hybridized carbons (Fsp3) is 0.611. The van der Waals surface area contributed by atoms with Crippen LogP contribution in [0.25, 0.3) is 0 Å². The predicted octanol–water partition coefficient (Wildman–Crippen LogP) is 2.14. The highest BCUT2D eigenvalue weighted by atomic mass is 16.2. The monoisotopic (exact) mass is 333 g/mol. The number of amides is 2. The summed E-state index contributed by atoms with van der Waals surface area (Å²) in [6, 6.07) is 2.88. The predicted molar refractivity (Wildman–Crippen MR) is 93.8 cm³/mol. The van der Waals surface area contributed by atoms with E-state index in [9.17, 15) is 14.4 Å². The zero-order valence-corrected chi connectivity index (χ0v) is 14.5. The zero-order chi connectivity index (χ0) is 17.5. The Balaban J connectivity index is 1.77. The highest BCUT2D eigenvalue weighted by molar-refractivity contribution is 6.39. The second kappa shape index (κ2) is 8.66. The van der Waals surface area contributed by atoms with Gasteiger partial charge in [0.2, 0.25) is 0 Å². The molecule has 1 aliphatic rings. The third-order valence-corrected chi connectivity index (χ3v) is 4.67. The van der Waals surface area contributed by atoms with Crippen LogP contribution in [0.2, 0.25) is 0 Å². The molecule has 1 saturated carbocycles. The van der Waals surface area contributed by atoms with Gasteiger partial charge in [0.1, 0.15) is 0 Å². The number of nitrogens with zero attached hydrogens (tertiary/aromatic N) is 1. The molecule has 2 N–H and O–H groups in total. The second-order valence-corrected chi connectivity index (χ2v) is 6.68. The summed E-state index contributed by atoms with van der Waals surface area (Å²) >= 11 is 0. The van der Waals surface area contributed by atoms with Crippen molar-refractivity contribution in [1.82, 2.24) is 9.88 Å². The summed E-state index contributed by atoms with van der Waals surface area (Å²) in [4.78, 5) is 35.3. The minimum absolute atomic E-state index is 0.137. The van der Waals surface area contributed by atoms with Gasteiger partial charge >= 0.3 is 11.8 Å². The van der Waals surface area contributed by atoms with Crippen molar-refractivity contribution in [1.29, 1.82) is 0 Å². The van der Waals surface area contributed by atoms with E-state index in [0.29, 0.717) is 24.7 Å². The van der Waals surface area contributed by atoms with Gasteiger partial charge in [-0.2, -0.15) is 0 Å². The van der Waals surface area contributed by atoms with Gasteiger partial charge in [0.05, 0.1) is 5.69 Å². The van der Waals surface area contributed by atoms with Crippen LogP contribution >= 0.6 is 0 Å². The smallest absolute Gasteiger partial charge is 0.313 e. The maximum Gasteiger partial charge on any atom is 0.313 e. The van der Waals surface area contributed by atoms with Crippen LogP contribution in [0, 0.1) is 11.8 Å². The molecule has 6 heteroatoms. The van der Waals surface area contributed by atoms with Gasteiger partial charge in [-0.15, -0.1) is 0 Å². The number of pyridine rings is 1. The van der Waals surface area contributed by atoms with Crippen LogP contribution in [-0.4, -0.2) is 22.9 Å². The van der Waals surface area contributed by atoms with Crippen molar-refractivity contribution in [2.24, 2.45) is 11.8 Å². The third-order valence-electron chi connectivity index (χ3n) is 4.67. The first-order valence-corrected chi connectivity index (χ1v) is 8.79. The average Bonchev–Trinajstić information content (AvgIpc) is 2.56. The number of nitrogens with one attached hydrogen (secondary N) is 2. The van der Waals surface area contributed by atoms with Gasteiger partial charge < -0.3 is 15.2 Å². The molecule has 0 spiro atoms. The van der Waals surface area contributed by atoms with Crippen molar-refractivity contribution < 1.29 is 9.59 Å². The van der Waals surface area contributed by atoms with Crippen LogP contribution in [0.4, 0.5) is 5.69 Å². The molecule has 1 heterocycles. The van der Waals surface area contributed by atoms with E-state index >= 15 is 0 Å². The van der Waals surface area contributed by atoms with Gasteiger partial charge in [0.15, 0.2) is 0 Å². The zero-order valence-electron chi connectivity index (χ0n) is 14.5. The van der Waals surface area contributed by atoms with E-state index in [-0.39, 0.29) is 5.56 Å². The largest absolute Gasteiger partial charge is 0.348 e. The molecule has 1 fully saturated rings. The fourth-order valence-electron chi connectivity index (χ4n) is 3.33. The van der Waals surface area contributed by atoms with E-state index in [4.69, 9.17) is 0 Å². The maximum absolute atomic E-state index is 11.9. The molecular formula is C18H27N3O3. The standard InChI is InChI=1S/C18H27N3O3/c1-3-21-12-15(7-8-16(21)22)20-18(24)17(23)19-10-9-14-6-4-5-13(2)11-14/h7-8,12-14H,3-6,9-11H2,1-2H3,(H,19,23)(H,20,24)/t13-,14+/m1/s1. The molecule has 1 aromatic rings. The molecule has 1 aliphatic carbocycles. The number of hydrogen-bond acceptors (Lipinski definition) is 3. The topological polar surface area (TPSA) is 80.2 Å². The van der Waals surface area contributed by atoms with E-state index in [0.717, 1.165) is 12.3 Å². The number of hydrogen-bond donors (Lipinski definition) is 2. The lowest BCUT2D eigenvalue weighted by Gasteiger charge is -2.26. The molecule has 1 aromatic heterocycles. The van der Waals surface area contributed by atoms with E-state index in [2.05, 4.69) is 17.6 Å². The minimum Gasteiger partial charge on any atom is -0.348 e. The maximum atomic E-state index is 11.9. The first-order chi connectivity index (χ1) is 11.5. The second-order valence-electron chi connectivity index (χ2n) is 6.68. The van der Waals surface area contributed by atoms with Crippen LogP contribution in [0.1, 0.15) is 46.0 Å². The Labute approximate surface area is 142 Å². The lowest BCUT2D eigenvalue weighted by molar-refractivity contribution is -0.136. The Hall–Kier alpha value is -2.11. The Morgan fingerprint density at radius 1 is 1.25 bits per heavy atom. The van der Waals surface area contributed by atoms with Crippen LogP contribution in [0.5, 0.6) is 0 Å². The number of aryl methyl sites for hydroxylation is 1. The molecular weight excluding hydrogens is 306 g/mol. The van der Waals surface area contributed by atoms with E-state index in [1.165, 1.54) is 48.6 Å². The van der Waals surface area contributed by atoms with Gasteiger partial charge in [-0.25, -0.2) is 0 Å². The first kappa shape index (κ1) is 18.2. The van der Waals surface area contributed by atoms with E-state index in [1.54, 1.807) is 0 Å². The Morgan fingerprint density at radius 3 is 2.75 bits per heavy atom. The molecule has 6 nitrogen and oxygen atoms in total. The molecule has 2 amide bonds. The van der Waals surface area contributed by atoms with E-state index in [1.807, 2.05) is 6.92 Å². The van der Waals surface area contributed by atoms with Crippen LogP contribution in [-0.2, 0) is 16.1 Å². The highest BCUT2D eigenvalue weighted by Crippen LogP contribution is 2.30. The first-order valence-electron chi connectivity index (χ1n) is 8.79. The van der Waals surface area contributed by atoms with Crippen molar-refractivity contribution in [2.75, 3.05) is 11.9 Å². The lowest BCUT2D eigenvalue weighted by Crippen LogP contribution is -2.37. The molecule has 0 unspecified atom stereocenters. The quantitative estimate of drug-likeness (QED) is 0.810. The van der Waals surface area contributed by atoms with E-state index < -0.39 is 11.8 Å². The molecule has 0 saturated heterocycles. The van der Waals surface area contributed by atoms with Gasteiger partial charge in [-0.3, -0.25) is 14.4 Å². The molecule has 0 radical (unpaired) electrons. The number of carbonyl (C=O) groups excluding carboxylic acids is 2.